The summed E-state index contributed by atoms with van der Waals surface area (Å²) < 4.78 is 29.8. The molecule has 1 heterocycles. The number of halogens is 3. The van der Waals surface area contributed by atoms with Gasteiger partial charge in [-0.1, -0.05) is 11.8 Å². The molecule has 0 saturated carbocycles. The summed E-state index contributed by atoms with van der Waals surface area (Å²) in [5.41, 5.74) is 6.05. The van der Waals surface area contributed by atoms with E-state index in [0.29, 0.717) is 35.3 Å². The minimum Gasteiger partial charge on any atom is -0.364 e. The van der Waals surface area contributed by atoms with Crippen LogP contribution in [0.25, 0.3) is 0 Å². The number of amides is 1. The number of anilines is 1. The summed E-state index contributed by atoms with van der Waals surface area (Å²) in [5, 5.41) is 2.71. The standard InChI is InChI=1S/C13H16F2N2O2S.ClH/c14-13(15)20-10-4-1-8(2-5-10)17-12(18)11-6-3-9(7-16)19-11;/h1-2,4-5,9,11,13H,3,6-7,16H2,(H,17,18);1H/t9-,11+;/m1./s1. The highest BCUT2D eigenvalue weighted by atomic mass is 35.5. The maximum Gasteiger partial charge on any atom is 0.288 e. The van der Waals surface area contributed by atoms with Crippen molar-refractivity contribution in [1.82, 2.24) is 0 Å². The van der Waals surface area contributed by atoms with Crippen molar-refractivity contribution in [3.05, 3.63) is 24.3 Å². The van der Waals surface area contributed by atoms with Crippen LogP contribution in [0.5, 0.6) is 0 Å². The van der Waals surface area contributed by atoms with E-state index in [9.17, 15) is 13.6 Å². The molecule has 1 amide bonds. The first-order chi connectivity index (χ1) is 9.58. The maximum absolute atomic E-state index is 12.2. The molecule has 0 radical (unpaired) electrons. The number of carbonyl (C=O) groups is 1. The van der Waals surface area contributed by atoms with E-state index < -0.39 is 11.9 Å². The van der Waals surface area contributed by atoms with Crippen LogP contribution in [0.2, 0.25) is 0 Å². The molecule has 0 aromatic heterocycles. The molecule has 0 bridgehead atoms. The van der Waals surface area contributed by atoms with Crippen molar-refractivity contribution in [3.8, 4) is 0 Å². The summed E-state index contributed by atoms with van der Waals surface area (Å²) in [5.74, 6) is -2.68. The SMILES string of the molecule is Cl.NC[C@H]1CC[C@@H](C(=O)Nc2ccc(SC(F)F)cc2)O1. The van der Waals surface area contributed by atoms with Gasteiger partial charge in [0.2, 0.25) is 0 Å². The van der Waals surface area contributed by atoms with E-state index >= 15 is 0 Å². The lowest BCUT2D eigenvalue weighted by Gasteiger charge is -2.13. The van der Waals surface area contributed by atoms with E-state index in [-0.39, 0.29) is 24.4 Å². The zero-order valence-corrected chi connectivity index (χ0v) is 12.8. The van der Waals surface area contributed by atoms with Crippen LogP contribution in [-0.4, -0.2) is 30.4 Å². The van der Waals surface area contributed by atoms with Crippen molar-refractivity contribution < 1.29 is 18.3 Å². The lowest BCUT2D eigenvalue weighted by atomic mass is 10.2. The summed E-state index contributed by atoms with van der Waals surface area (Å²) in [6.45, 7) is 0.406. The highest BCUT2D eigenvalue weighted by Crippen LogP contribution is 2.26. The van der Waals surface area contributed by atoms with Gasteiger partial charge in [0.25, 0.3) is 11.7 Å². The van der Waals surface area contributed by atoms with Gasteiger partial charge in [-0.05, 0) is 37.1 Å². The van der Waals surface area contributed by atoms with E-state index in [4.69, 9.17) is 10.5 Å². The van der Waals surface area contributed by atoms with Gasteiger partial charge in [-0.15, -0.1) is 12.4 Å². The maximum atomic E-state index is 12.2. The second-order valence-electron chi connectivity index (χ2n) is 4.45. The van der Waals surface area contributed by atoms with Gasteiger partial charge in [0, 0.05) is 17.1 Å². The van der Waals surface area contributed by atoms with Gasteiger partial charge in [-0.2, -0.15) is 8.78 Å². The summed E-state index contributed by atoms with van der Waals surface area (Å²) in [4.78, 5) is 12.4. The first kappa shape index (κ1) is 18.2. The van der Waals surface area contributed by atoms with E-state index in [1.807, 2.05) is 0 Å². The van der Waals surface area contributed by atoms with Crippen molar-refractivity contribution in [2.24, 2.45) is 5.73 Å². The molecule has 0 unspecified atom stereocenters. The van der Waals surface area contributed by atoms with Gasteiger partial charge in [-0.3, -0.25) is 4.79 Å². The predicted octanol–water partition coefficient (Wildman–Crippen LogP) is 2.87. The van der Waals surface area contributed by atoms with Gasteiger partial charge >= 0.3 is 0 Å². The molecule has 1 aliphatic rings. The van der Waals surface area contributed by atoms with E-state index in [1.165, 1.54) is 0 Å². The Balaban J connectivity index is 0.00000220. The number of alkyl halides is 2. The zero-order valence-electron chi connectivity index (χ0n) is 11.1. The number of hydrogen-bond donors (Lipinski definition) is 2. The topological polar surface area (TPSA) is 64.4 Å². The molecule has 8 heteroatoms. The molecule has 1 saturated heterocycles. The number of carbonyl (C=O) groups excluding carboxylic acids is 1. The minimum atomic E-state index is -2.45. The van der Waals surface area contributed by atoms with E-state index in [2.05, 4.69) is 5.32 Å². The van der Waals surface area contributed by atoms with Gasteiger partial charge in [0.05, 0.1) is 6.10 Å². The molecule has 1 fully saturated rings. The van der Waals surface area contributed by atoms with Crippen LogP contribution in [0.1, 0.15) is 12.8 Å². The van der Waals surface area contributed by atoms with Gasteiger partial charge in [0.15, 0.2) is 0 Å². The van der Waals surface area contributed by atoms with Crippen molar-refractivity contribution in [2.75, 3.05) is 11.9 Å². The Morgan fingerprint density at radius 1 is 1.38 bits per heavy atom. The van der Waals surface area contributed by atoms with E-state index in [1.54, 1.807) is 24.3 Å². The number of nitrogens with two attached hydrogens (primary N) is 1. The lowest BCUT2D eigenvalue weighted by Crippen LogP contribution is -2.29. The quantitative estimate of drug-likeness (QED) is 0.810. The third-order valence-electron chi connectivity index (χ3n) is 3.01. The summed E-state index contributed by atoms with van der Waals surface area (Å²) >= 11 is 0.470. The second kappa shape index (κ2) is 8.53. The average Bonchev–Trinajstić information content (AvgIpc) is 2.89. The van der Waals surface area contributed by atoms with Crippen LogP contribution in [0, 0.1) is 0 Å². The molecule has 21 heavy (non-hydrogen) atoms. The number of ether oxygens (including phenoxy) is 1. The average molecular weight is 339 g/mol. The Hall–Kier alpha value is -0.890. The zero-order chi connectivity index (χ0) is 14.5. The Morgan fingerprint density at radius 3 is 2.57 bits per heavy atom. The van der Waals surface area contributed by atoms with Crippen LogP contribution < -0.4 is 11.1 Å². The fourth-order valence-electron chi connectivity index (χ4n) is 2.01. The summed E-state index contributed by atoms with van der Waals surface area (Å²) in [6.07, 6.45) is 0.875. The Morgan fingerprint density at radius 2 is 2.05 bits per heavy atom. The largest absolute Gasteiger partial charge is 0.364 e. The molecule has 0 spiro atoms. The molecule has 1 aliphatic heterocycles. The Kier molecular flexibility index (Phi) is 7.37. The minimum absolute atomic E-state index is 0. The number of benzene rings is 1. The predicted molar refractivity (Wildman–Crippen MR) is 81.1 cm³/mol. The van der Waals surface area contributed by atoms with E-state index in [0.717, 1.165) is 6.42 Å². The Labute approximate surface area is 132 Å². The molecule has 1 aromatic rings. The monoisotopic (exact) mass is 338 g/mol. The number of nitrogens with one attached hydrogen (secondary N) is 1. The van der Waals surface area contributed by atoms with Crippen molar-refractivity contribution >= 4 is 35.8 Å². The van der Waals surface area contributed by atoms with Crippen LogP contribution in [0.4, 0.5) is 14.5 Å². The van der Waals surface area contributed by atoms with Gasteiger partial charge in [0.1, 0.15) is 6.10 Å². The number of rotatable bonds is 5. The first-order valence-electron chi connectivity index (χ1n) is 6.29. The third kappa shape index (κ3) is 5.43. The van der Waals surface area contributed by atoms with Crippen LogP contribution in [0.3, 0.4) is 0 Å². The van der Waals surface area contributed by atoms with Crippen LogP contribution in [0.15, 0.2) is 29.2 Å². The number of hydrogen-bond acceptors (Lipinski definition) is 4. The lowest BCUT2D eigenvalue weighted by molar-refractivity contribution is -0.126. The van der Waals surface area contributed by atoms with Gasteiger partial charge in [-0.25, -0.2) is 0 Å². The highest BCUT2D eigenvalue weighted by Gasteiger charge is 2.29. The molecule has 4 nitrogen and oxygen atoms in total. The molecule has 2 rings (SSSR count). The number of thioether (sulfide) groups is 1. The molecule has 0 aliphatic carbocycles. The molecule has 1 aromatic carbocycles. The molecular weight excluding hydrogens is 322 g/mol. The van der Waals surface area contributed by atoms with Crippen LogP contribution >= 0.6 is 24.2 Å². The first-order valence-corrected chi connectivity index (χ1v) is 7.17. The second-order valence-corrected chi connectivity index (χ2v) is 5.52. The summed E-state index contributed by atoms with van der Waals surface area (Å²) in [7, 11) is 0. The Bertz CT molecular complexity index is 462. The normalized spacial score (nSPS) is 21.1. The molecule has 2 atom stereocenters. The van der Waals surface area contributed by atoms with Crippen molar-refractivity contribution in [2.45, 2.75) is 35.7 Å². The molecular formula is C13H17ClF2N2O2S. The fraction of sp³-hybridized carbons (Fsp3) is 0.462. The highest BCUT2D eigenvalue weighted by molar-refractivity contribution is 7.99. The molecule has 118 valence electrons. The van der Waals surface area contributed by atoms with Crippen LogP contribution in [-0.2, 0) is 9.53 Å². The summed E-state index contributed by atoms with van der Waals surface area (Å²) in [6, 6.07) is 6.28. The van der Waals surface area contributed by atoms with Crippen molar-refractivity contribution in [1.29, 1.82) is 0 Å². The third-order valence-corrected chi connectivity index (χ3v) is 3.73. The fourth-order valence-corrected chi connectivity index (χ4v) is 2.51. The van der Waals surface area contributed by atoms with Crippen molar-refractivity contribution in [3.63, 3.8) is 0 Å². The van der Waals surface area contributed by atoms with Gasteiger partial charge < -0.3 is 15.8 Å². The smallest absolute Gasteiger partial charge is 0.288 e. The molecule has 3 N–H and O–H groups in total.